The van der Waals surface area contributed by atoms with Gasteiger partial charge in [-0.05, 0) is 36.8 Å². The molecule has 0 fully saturated rings. The normalized spacial score (nSPS) is 13.0. The van der Waals surface area contributed by atoms with Crippen LogP contribution in [0.4, 0.5) is 0 Å². The minimum Gasteiger partial charge on any atom is -0.450 e. The molecule has 0 spiro atoms. The predicted octanol–water partition coefficient (Wildman–Crippen LogP) is 4.33. The molecule has 2 rings (SSSR count). The zero-order valence-electron chi connectivity index (χ0n) is 11.5. The second kappa shape index (κ2) is 6.43. The molecule has 0 aliphatic rings. The van der Waals surface area contributed by atoms with E-state index in [0.29, 0.717) is 10.6 Å². The number of esters is 1. The molecular weight excluding hydrogens is 286 g/mol. The van der Waals surface area contributed by atoms with Crippen molar-refractivity contribution in [1.82, 2.24) is 0 Å². The third-order valence-corrected chi connectivity index (χ3v) is 3.45. The maximum absolute atomic E-state index is 12.2. The van der Waals surface area contributed by atoms with Crippen LogP contribution >= 0.6 is 11.6 Å². The average molecular weight is 300 g/mol. The zero-order chi connectivity index (χ0) is 15.3. The van der Waals surface area contributed by atoms with Gasteiger partial charge in [0.15, 0.2) is 0 Å². The fraction of sp³-hybridized carbons (Fsp3) is 0.176. The SMILES string of the molecule is C[C@@](CC#N)(OC(=O)c1ccc(Cl)cc1)c1ccccc1. The molecule has 2 aromatic carbocycles. The highest BCUT2D eigenvalue weighted by Gasteiger charge is 2.31. The van der Waals surface area contributed by atoms with E-state index < -0.39 is 11.6 Å². The van der Waals surface area contributed by atoms with E-state index in [1.807, 2.05) is 30.3 Å². The summed E-state index contributed by atoms with van der Waals surface area (Å²) in [5.74, 6) is -0.478. The van der Waals surface area contributed by atoms with Gasteiger partial charge in [0.2, 0.25) is 0 Å². The third-order valence-electron chi connectivity index (χ3n) is 3.20. The Hall–Kier alpha value is -2.31. The van der Waals surface area contributed by atoms with Crippen molar-refractivity contribution in [1.29, 1.82) is 5.26 Å². The maximum atomic E-state index is 12.2. The number of hydrogen-bond donors (Lipinski definition) is 0. The van der Waals surface area contributed by atoms with Gasteiger partial charge in [-0.2, -0.15) is 5.26 Å². The van der Waals surface area contributed by atoms with Crippen LogP contribution in [0, 0.1) is 11.3 Å². The van der Waals surface area contributed by atoms with Crippen molar-refractivity contribution in [2.45, 2.75) is 18.9 Å². The van der Waals surface area contributed by atoms with Gasteiger partial charge >= 0.3 is 5.97 Å². The quantitative estimate of drug-likeness (QED) is 0.790. The lowest BCUT2D eigenvalue weighted by Crippen LogP contribution is -2.28. The molecule has 1 atom stereocenters. The van der Waals surface area contributed by atoms with Crippen LogP contribution in [0.2, 0.25) is 5.02 Å². The van der Waals surface area contributed by atoms with Crippen LogP contribution in [-0.2, 0) is 10.3 Å². The Bertz CT molecular complexity index is 661. The summed E-state index contributed by atoms with van der Waals surface area (Å²) in [6.07, 6.45) is 0.0797. The summed E-state index contributed by atoms with van der Waals surface area (Å²) in [5.41, 5.74) is 0.209. The Morgan fingerprint density at radius 1 is 1.19 bits per heavy atom. The highest BCUT2D eigenvalue weighted by atomic mass is 35.5. The molecule has 0 N–H and O–H groups in total. The summed E-state index contributed by atoms with van der Waals surface area (Å²) in [4.78, 5) is 12.2. The summed E-state index contributed by atoms with van der Waals surface area (Å²) >= 11 is 5.80. The first kappa shape index (κ1) is 15.1. The van der Waals surface area contributed by atoms with Gasteiger partial charge in [0.1, 0.15) is 5.60 Å². The van der Waals surface area contributed by atoms with E-state index in [4.69, 9.17) is 21.6 Å². The van der Waals surface area contributed by atoms with Crippen LogP contribution in [0.3, 0.4) is 0 Å². The van der Waals surface area contributed by atoms with Crippen molar-refractivity contribution in [2.24, 2.45) is 0 Å². The molecule has 0 saturated carbocycles. The standard InChI is InChI=1S/C17H14ClNO2/c1-17(11-12-19,14-5-3-2-4-6-14)21-16(20)13-7-9-15(18)10-8-13/h2-10H,11H2,1H3/t17-/m0/s1. The van der Waals surface area contributed by atoms with E-state index in [0.717, 1.165) is 5.56 Å². The van der Waals surface area contributed by atoms with Crippen LogP contribution in [-0.4, -0.2) is 5.97 Å². The molecule has 21 heavy (non-hydrogen) atoms. The van der Waals surface area contributed by atoms with E-state index in [1.165, 1.54) is 0 Å². The van der Waals surface area contributed by atoms with Gasteiger partial charge in [-0.3, -0.25) is 0 Å². The van der Waals surface area contributed by atoms with Crippen molar-refractivity contribution in [2.75, 3.05) is 0 Å². The third kappa shape index (κ3) is 3.62. The second-order valence-electron chi connectivity index (χ2n) is 4.83. The maximum Gasteiger partial charge on any atom is 0.339 e. The minimum atomic E-state index is -0.979. The van der Waals surface area contributed by atoms with E-state index in [1.54, 1.807) is 31.2 Å². The van der Waals surface area contributed by atoms with Crippen molar-refractivity contribution in [3.05, 3.63) is 70.7 Å². The van der Waals surface area contributed by atoms with Gasteiger partial charge in [0.25, 0.3) is 0 Å². The molecule has 0 aromatic heterocycles. The highest BCUT2D eigenvalue weighted by Crippen LogP contribution is 2.30. The Balaban J connectivity index is 2.26. The Kier molecular flexibility index (Phi) is 4.62. The summed E-state index contributed by atoms with van der Waals surface area (Å²) in [7, 11) is 0. The smallest absolute Gasteiger partial charge is 0.339 e. The Morgan fingerprint density at radius 2 is 1.81 bits per heavy atom. The van der Waals surface area contributed by atoms with E-state index in [-0.39, 0.29) is 6.42 Å². The van der Waals surface area contributed by atoms with Gasteiger partial charge in [-0.25, -0.2) is 4.79 Å². The predicted molar refractivity (Wildman–Crippen MR) is 80.9 cm³/mol. The fourth-order valence-corrected chi connectivity index (χ4v) is 2.11. The van der Waals surface area contributed by atoms with Crippen LogP contribution < -0.4 is 0 Å². The van der Waals surface area contributed by atoms with E-state index in [9.17, 15) is 4.79 Å². The summed E-state index contributed by atoms with van der Waals surface area (Å²) in [6.45, 7) is 1.74. The molecular formula is C17H14ClNO2. The van der Waals surface area contributed by atoms with Crippen LogP contribution in [0.1, 0.15) is 29.3 Å². The van der Waals surface area contributed by atoms with Crippen LogP contribution in [0.5, 0.6) is 0 Å². The summed E-state index contributed by atoms with van der Waals surface area (Å²) in [5, 5.41) is 9.57. The van der Waals surface area contributed by atoms with Crippen LogP contribution in [0.15, 0.2) is 54.6 Å². The molecule has 4 heteroatoms. The summed E-state index contributed by atoms with van der Waals surface area (Å²) in [6, 6.07) is 17.8. The largest absolute Gasteiger partial charge is 0.450 e. The molecule has 0 bridgehead atoms. The van der Waals surface area contributed by atoms with Gasteiger partial charge in [-0.15, -0.1) is 0 Å². The van der Waals surface area contributed by atoms with Gasteiger partial charge in [-0.1, -0.05) is 41.9 Å². The van der Waals surface area contributed by atoms with E-state index in [2.05, 4.69) is 6.07 Å². The number of hydrogen-bond acceptors (Lipinski definition) is 3. The Labute approximate surface area is 128 Å². The fourth-order valence-electron chi connectivity index (χ4n) is 1.99. The van der Waals surface area contributed by atoms with E-state index >= 15 is 0 Å². The molecule has 0 heterocycles. The van der Waals surface area contributed by atoms with Crippen LogP contribution in [0.25, 0.3) is 0 Å². The lowest BCUT2D eigenvalue weighted by atomic mass is 9.92. The van der Waals surface area contributed by atoms with Gasteiger partial charge in [0, 0.05) is 5.02 Å². The first-order valence-electron chi connectivity index (χ1n) is 6.46. The molecule has 0 radical (unpaired) electrons. The molecule has 106 valence electrons. The number of carbonyl (C=O) groups excluding carboxylic acids is 1. The molecule has 0 unspecified atom stereocenters. The first-order chi connectivity index (χ1) is 10.0. The highest BCUT2D eigenvalue weighted by molar-refractivity contribution is 6.30. The van der Waals surface area contributed by atoms with Gasteiger partial charge < -0.3 is 4.74 Å². The molecule has 0 aliphatic carbocycles. The van der Waals surface area contributed by atoms with Crippen molar-refractivity contribution in [3.8, 4) is 6.07 Å². The van der Waals surface area contributed by atoms with Crippen molar-refractivity contribution in [3.63, 3.8) is 0 Å². The number of benzene rings is 2. The number of carbonyl (C=O) groups is 1. The summed E-state index contributed by atoms with van der Waals surface area (Å²) < 4.78 is 5.59. The number of nitriles is 1. The number of halogens is 1. The van der Waals surface area contributed by atoms with Crippen molar-refractivity contribution >= 4 is 17.6 Å². The molecule has 0 aliphatic heterocycles. The molecule has 0 saturated heterocycles. The lowest BCUT2D eigenvalue weighted by molar-refractivity contribution is -0.00993. The number of rotatable bonds is 4. The zero-order valence-corrected chi connectivity index (χ0v) is 12.3. The first-order valence-corrected chi connectivity index (χ1v) is 6.84. The number of ether oxygens (including phenoxy) is 1. The monoisotopic (exact) mass is 299 g/mol. The molecule has 3 nitrogen and oxygen atoms in total. The van der Waals surface area contributed by atoms with Gasteiger partial charge in [0.05, 0.1) is 18.1 Å². The lowest BCUT2D eigenvalue weighted by Gasteiger charge is -2.27. The Morgan fingerprint density at radius 3 is 2.38 bits per heavy atom. The average Bonchev–Trinajstić information content (AvgIpc) is 2.49. The topological polar surface area (TPSA) is 50.1 Å². The second-order valence-corrected chi connectivity index (χ2v) is 5.26. The van der Waals surface area contributed by atoms with Crippen molar-refractivity contribution < 1.29 is 9.53 Å². The number of nitrogens with zero attached hydrogens (tertiary/aromatic N) is 1. The molecule has 2 aromatic rings. The molecule has 0 amide bonds. The minimum absolute atomic E-state index is 0.0797.